The molecule has 144 valence electrons. The fourth-order valence-electron chi connectivity index (χ4n) is 2.96. The minimum absolute atomic E-state index is 0.129. The van der Waals surface area contributed by atoms with E-state index in [1.807, 2.05) is 35.2 Å². The number of hydrazone groups is 1. The number of hydrogen-bond acceptors (Lipinski definition) is 5. The molecule has 0 saturated heterocycles. The fourth-order valence-corrected chi connectivity index (χ4v) is 4.83. The second kappa shape index (κ2) is 9.24. The van der Waals surface area contributed by atoms with E-state index in [4.69, 9.17) is 34.8 Å². The Kier molecular flexibility index (Phi) is 6.98. The van der Waals surface area contributed by atoms with Gasteiger partial charge in [0.1, 0.15) is 5.15 Å². The Hall–Kier alpha value is -1.34. The molecule has 1 atom stereocenters. The second-order valence-corrected chi connectivity index (χ2v) is 8.14. The Bertz CT molecular complexity index is 821. The first-order valence-corrected chi connectivity index (χ1v) is 10.8. The summed E-state index contributed by atoms with van der Waals surface area (Å²) in [6.07, 6.45) is 0.593. The topological polar surface area (TPSA) is 48.8 Å². The summed E-state index contributed by atoms with van der Waals surface area (Å²) in [4.78, 5) is 19.5. The number of alkyl halides is 2. The maximum atomic E-state index is 12.2. The van der Waals surface area contributed by atoms with E-state index in [2.05, 4.69) is 10.1 Å². The number of amides is 1. The fraction of sp³-hybridized carbons (Fsp3) is 0.389. The van der Waals surface area contributed by atoms with E-state index in [9.17, 15) is 4.79 Å². The van der Waals surface area contributed by atoms with Gasteiger partial charge in [-0.05, 0) is 5.56 Å². The number of thiazole rings is 1. The molecule has 0 saturated carbocycles. The highest BCUT2D eigenvalue weighted by Gasteiger charge is 2.35. The molecule has 0 radical (unpaired) electrons. The molecule has 2 aromatic rings. The van der Waals surface area contributed by atoms with Gasteiger partial charge in [0.15, 0.2) is 5.13 Å². The molecule has 0 bridgehead atoms. The standard InChI is InChI=1S/C18H19Cl3N4OS/c1-12(26)25-15(11-14(23-25)13-5-3-2-4-6-13)16-17(21)22-18(27-16)24(9-7-19)10-8-20/h2-6,15H,7-11H2,1H3. The SMILES string of the molecule is CC(=O)N1N=C(c2ccccc2)CC1c1sc(N(CCCl)CCCl)nc1Cl. The van der Waals surface area contributed by atoms with E-state index in [1.54, 1.807) is 0 Å². The van der Waals surface area contributed by atoms with Crippen molar-refractivity contribution >= 4 is 62.9 Å². The van der Waals surface area contributed by atoms with Crippen LogP contribution in [0.25, 0.3) is 0 Å². The van der Waals surface area contributed by atoms with Crippen molar-refractivity contribution < 1.29 is 4.79 Å². The zero-order valence-corrected chi connectivity index (χ0v) is 17.8. The highest BCUT2D eigenvalue weighted by Crippen LogP contribution is 2.41. The monoisotopic (exact) mass is 444 g/mol. The minimum atomic E-state index is -0.259. The predicted molar refractivity (Wildman–Crippen MR) is 114 cm³/mol. The average Bonchev–Trinajstić information content (AvgIpc) is 3.26. The normalized spacial score (nSPS) is 16.5. The van der Waals surface area contributed by atoms with E-state index < -0.39 is 0 Å². The lowest BCUT2D eigenvalue weighted by molar-refractivity contribution is -0.130. The van der Waals surface area contributed by atoms with Crippen molar-refractivity contribution in [3.8, 4) is 0 Å². The maximum Gasteiger partial charge on any atom is 0.240 e. The number of rotatable bonds is 7. The van der Waals surface area contributed by atoms with E-state index >= 15 is 0 Å². The molecule has 1 amide bonds. The molecule has 1 unspecified atom stereocenters. The number of hydrogen-bond donors (Lipinski definition) is 0. The highest BCUT2D eigenvalue weighted by molar-refractivity contribution is 7.16. The van der Waals surface area contributed by atoms with Crippen LogP contribution in [0.2, 0.25) is 5.15 Å². The predicted octanol–water partition coefficient (Wildman–Crippen LogP) is 4.78. The van der Waals surface area contributed by atoms with Crippen molar-refractivity contribution in [2.24, 2.45) is 5.10 Å². The van der Waals surface area contributed by atoms with Gasteiger partial charge in [0.25, 0.3) is 0 Å². The van der Waals surface area contributed by atoms with Crippen LogP contribution in [0.15, 0.2) is 35.4 Å². The molecule has 27 heavy (non-hydrogen) atoms. The molecule has 5 nitrogen and oxygen atoms in total. The quantitative estimate of drug-likeness (QED) is 0.576. The summed E-state index contributed by atoms with van der Waals surface area (Å²) in [5.41, 5.74) is 1.86. The van der Waals surface area contributed by atoms with Crippen molar-refractivity contribution in [1.29, 1.82) is 0 Å². The van der Waals surface area contributed by atoms with Crippen molar-refractivity contribution in [3.05, 3.63) is 45.9 Å². The van der Waals surface area contributed by atoms with Crippen LogP contribution in [-0.2, 0) is 4.79 Å². The number of carbonyl (C=O) groups excluding carboxylic acids is 1. The summed E-state index contributed by atoms with van der Waals surface area (Å²) < 4.78 is 0. The third-order valence-electron chi connectivity index (χ3n) is 4.22. The first-order valence-electron chi connectivity index (χ1n) is 8.51. The average molecular weight is 446 g/mol. The largest absolute Gasteiger partial charge is 0.346 e. The summed E-state index contributed by atoms with van der Waals surface area (Å²) in [5, 5.41) is 7.20. The molecule has 0 spiro atoms. The lowest BCUT2D eigenvalue weighted by Crippen LogP contribution is -2.27. The van der Waals surface area contributed by atoms with Crippen molar-refractivity contribution in [2.75, 3.05) is 29.7 Å². The molecule has 1 aromatic heterocycles. The molecule has 0 N–H and O–H groups in total. The van der Waals surface area contributed by atoms with Gasteiger partial charge in [-0.2, -0.15) is 5.10 Å². The van der Waals surface area contributed by atoms with Crippen LogP contribution in [0.1, 0.15) is 29.8 Å². The summed E-state index contributed by atoms with van der Waals surface area (Å²) in [7, 11) is 0. The summed E-state index contributed by atoms with van der Waals surface area (Å²) >= 11 is 19.7. The van der Waals surface area contributed by atoms with Gasteiger partial charge >= 0.3 is 0 Å². The van der Waals surface area contributed by atoms with Gasteiger partial charge in [-0.3, -0.25) is 4.79 Å². The Morgan fingerprint density at radius 3 is 2.52 bits per heavy atom. The second-order valence-electron chi connectivity index (χ2n) is 6.01. The summed E-state index contributed by atoms with van der Waals surface area (Å²) in [6.45, 7) is 2.77. The van der Waals surface area contributed by atoms with Gasteiger partial charge < -0.3 is 4.90 Å². The third kappa shape index (κ3) is 4.57. The third-order valence-corrected chi connectivity index (χ3v) is 6.18. The maximum absolute atomic E-state index is 12.2. The molecule has 3 rings (SSSR count). The lowest BCUT2D eigenvalue weighted by atomic mass is 10.0. The molecule has 1 aliphatic rings. The number of benzene rings is 1. The van der Waals surface area contributed by atoms with Crippen molar-refractivity contribution in [3.63, 3.8) is 0 Å². The molecule has 0 fully saturated rings. The minimum Gasteiger partial charge on any atom is -0.346 e. The van der Waals surface area contributed by atoms with Crippen LogP contribution < -0.4 is 4.90 Å². The van der Waals surface area contributed by atoms with Gasteiger partial charge in [0.05, 0.1) is 16.6 Å². The number of aromatic nitrogens is 1. The van der Waals surface area contributed by atoms with Crippen LogP contribution in [0.4, 0.5) is 5.13 Å². The van der Waals surface area contributed by atoms with Crippen LogP contribution in [0.5, 0.6) is 0 Å². The smallest absolute Gasteiger partial charge is 0.240 e. The molecule has 0 aliphatic carbocycles. The van der Waals surface area contributed by atoms with Gasteiger partial charge in [-0.1, -0.05) is 53.3 Å². The van der Waals surface area contributed by atoms with Crippen LogP contribution in [0, 0.1) is 0 Å². The Morgan fingerprint density at radius 1 is 1.26 bits per heavy atom. The molecule has 2 heterocycles. The zero-order valence-electron chi connectivity index (χ0n) is 14.7. The first-order chi connectivity index (χ1) is 13.0. The Balaban J connectivity index is 1.90. The van der Waals surface area contributed by atoms with E-state index in [0.717, 1.165) is 21.3 Å². The number of anilines is 1. The van der Waals surface area contributed by atoms with Gasteiger partial charge in [-0.25, -0.2) is 9.99 Å². The molecule has 1 aliphatic heterocycles. The van der Waals surface area contributed by atoms with E-state index in [1.165, 1.54) is 23.3 Å². The zero-order chi connectivity index (χ0) is 19.4. The summed E-state index contributed by atoms with van der Waals surface area (Å²) in [6, 6.07) is 9.58. The number of halogens is 3. The lowest BCUT2D eigenvalue weighted by Gasteiger charge is -2.20. The van der Waals surface area contributed by atoms with E-state index in [0.29, 0.717) is 36.4 Å². The number of nitrogens with zero attached hydrogens (tertiary/aromatic N) is 4. The molecule has 1 aromatic carbocycles. The summed E-state index contributed by atoms with van der Waals surface area (Å²) in [5.74, 6) is 0.803. The van der Waals surface area contributed by atoms with Crippen LogP contribution in [0.3, 0.4) is 0 Å². The number of carbonyl (C=O) groups is 1. The van der Waals surface area contributed by atoms with Crippen molar-refractivity contribution in [1.82, 2.24) is 9.99 Å². The highest BCUT2D eigenvalue weighted by atomic mass is 35.5. The van der Waals surface area contributed by atoms with Crippen LogP contribution in [-0.4, -0.2) is 46.5 Å². The van der Waals surface area contributed by atoms with Crippen LogP contribution >= 0.6 is 46.1 Å². The van der Waals surface area contributed by atoms with E-state index in [-0.39, 0.29) is 11.9 Å². The van der Waals surface area contributed by atoms with Gasteiger partial charge in [0.2, 0.25) is 5.91 Å². The molecular weight excluding hydrogens is 427 g/mol. The van der Waals surface area contributed by atoms with Crippen molar-refractivity contribution in [2.45, 2.75) is 19.4 Å². The van der Waals surface area contributed by atoms with Gasteiger partial charge in [0, 0.05) is 38.2 Å². The van der Waals surface area contributed by atoms with Gasteiger partial charge in [-0.15, -0.1) is 23.2 Å². The molecular formula is C18H19Cl3N4OS. The Morgan fingerprint density at radius 2 is 1.93 bits per heavy atom. The first kappa shape index (κ1) is 20.4. The Labute approximate surface area is 177 Å². The molecule has 9 heteroatoms.